The van der Waals surface area contributed by atoms with Crippen molar-refractivity contribution in [3.05, 3.63) is 0 Å². The molecule has 0 rings (SSSR count). The Bertz CT molecular complexity index is 413. The van der Waals surface area contributed by atoms with E-state index >= 15 is 0 Å². The molecule has 0 aromatic carbocycles. The van der Waals surface area contributed by atoms with Crippen LogP contribution in [0, 0.1) is 0 Å². The third-order valence-corrected chi connectivity index (χ3v) is 4.90. The fourth-order valence-corrected chi connectivity index (χ4v) is 4.18. The van der Waals surface area contributed by atoms with Gasteiger partial charge < -0.3 is 10.4 Å². The van der Waals surface area contributed by atoms with Crippen LogP contribution in [0.3, 0.4) is 0 Å². The summed E-state index contributed by atoms with van der Waals surface area (Å²) in [5.41, 5.74) is 0. The summed E-state index contributed by atoms with van der Waals surface area (Å²) in [4.78, 5) is 0. The molecule has 0 aromatic heterocycles. The standard InChI is InChI=1S/C9H21NO5S2/c1-8(2)10-6-9(11)7-17(14,15)5-4-16(3,12)13/h8-11H,4-7H2,1-3H3. The molecular formula is C9H21NO5S2. The van der Waals surface area contributed by atoms with E-state index < -0.39 is 43.0 Å². The highest BCUT2D eigenvalue weighted by atomic mass is 32.2. The van der Waals surface area contributed by atoms with Crippen LogP contribution < -0.4 is 5.32 Å². The zero-order valence-electron chi connectivity index (χ0n) is 10.4. The molecule has 104 valence electrons. The van der Waals surface area contributed by atoms with E-state index in [4.69, 9.17) is 0 Å². The van der Waals surface area contributed by atoms with Gasteiger partial charge in [0.1, 0.15) is 9.84 Å². The molecule has 0 aliphatic carbocycles. The van der Waals surface area contributed by atoms with E-state index in [0.29, 0.717) is 0 Å². The topological polar surface area (TPSA) is 101 Å². The van der Waals surface area contributed by atoms with Crippen molar-refractivity contribution in [1.29, 1.82) is 0 Å². The quantitative estimate of drug-likeness (QED) is 0.582. The van der Waals surface area contributed by atoms with Gasteiger partial charge in [0.15, 0.2) is 9.84 Å². The number of aliphatic hydroxyl groups is 1. The Morgan fingerprint density at radius 2 is 1.65 bits per heavy atom. The van der Waals surface area contributed by atoms with Gasteiger partial charge in [0.2, 0.25) is 0 Å². The first-order valence-electron chi connectivity index (χ1n) is 5.31. The average molecular weight is 287 g/mol. The van der Waals surface area contributed by atoms with Crippen LogP contribution in [-0.2, 0) is 19.7 Å². The lowest BCUT2D eigenvalue weighted by atomic mass is 10.3. The monoisotopic (exact) mass is 287 g/mol. The second-order valence-electron chi connectivity index (χ2n) is 4.46. The smallest absolute Gasteiger partial charge is 0.153 e. The van der Waals surface area contributed by atoms with Gasteiger partial charge in [-0.3, -0.25) is 0 Å². The summed E-state index contributed by atoms with van der Waals surface area (Å²) >= 11 is 0. The lowest BCUT2D eigenvalue weighted by molar-refractivity contribution is 0.190. The van der Waals surface area contributed by atoms with E-state index in [1.165, 1.54) is 0 Å². The van der Waals surface area contributed by atoms with Crippen LogP contribution in [0.5, 0.6) is 0 Å². The van der Waals surface area contributed by atoms with Crippen LogP contribution in [0.2, 0.25) is 0 Å². The first-order chi connectivity index (χ1) is 7.52. The van der Waals surface area contributed by atoms with Crippen molar-refractivity contribution >= 4 is 19.7 Å². The van der Waals surface area contributed by atoms with Crippen LogP contribution in [-0.4, -0.2) is 64.1 Å². The number of nitrogens with one attached hydrogen (secondary N) is 1. The number of rotatable bonds is 8. The number of aliphatic hydroxyl groups excluding tert-OH is 1. The molecule has 6 nitrogen and oxygen atoms in total. The predicted molar refractivity (Wildman–Crippen MR) is 67.5 cm³/mol. The Balaban J connectivity index is 4.17. The Labute approximate surface area is 103 Å². The van der Waals surface area contributed by atoms with Gasteiger partial charge >= 0.3 is 0 Å². The average Bonchev–Trinajstić information content (AvgIpc) is 2.10. The molecule has 8 heteroatoms. The van der Waals surface area contributed by atoms with E-state index in [-0.39, 0.29) is 12.6 Å². The molecule has 0 aliphatic heterocycles. The lowest BCUT2D eigenvalue weighted by Crippen LogP contribution is -2.37. The Kier molecular flexibility index (Phi) is 6.60. The maximum atomic E-state index is 11.5. The van der Waals surface area contributed by atoms with Gasteiger partial charge in [0.05, 0.1) is 23.4 Å². The maximum absolute atomic E-state index is 11.5. The molecule has 2 N–H and O–H groups in total. The molecule has 0 spiro atoms. The SMILES string of the molecule is CC(C)NCC(O)CS(=O)(=O)CCS(C)(=O)=O. The largest absolute Gasteiger partial charge is 0.391 e. The minimum Gasteiger partial charge on any atom is -0.391 e. The predicted octanol–water partition coefficient (Wildman–Crippen LogP) is -1.20. The first kappa shape index (κ1) is 16.8. The molecule has 0 saturated heterocycles. The van der Waals surface area contributed by atoms with Crippen molar-refractivity contribution < 1.29 is 21.9 Å². The molecule has 0 fully saturated rings. The highest BCUT2D eigenvalue weighted by molar-refractivity contribution is 7.94. The van der Waals surface area contributed by atoms with Gasteiger partial charge in [-0.25, -0.2) is 16.8 Å². The summed E-state index contributed by atoms with van der Waals surface area (Å²) in [5.74, 6) is -1.26. The van der Waals surface area contributed by atoms with Gasteiger partial charge in [-0.15, -0.1) is 0 Å². The van der Waals surface area contributed by atoms with Crippen molar-refractivity contribution in [2.75, 3.05) is 30.1 Å². The molecule has 17 heavy (non-hydrogen) atoms. The molecule has 0 heterocycles. The number of hydrogen-bond acceptors (Lipinski definition) is 6. The molecule has 1 unspecified atom stereocenters. The lowest BCUT2D eigenvalue weighted by Gasteiger charge is -2.14. The minimum atomic E-state index is -3.53. The summed E-state index contributed by atoms with van der Waals surface area (Å²) in [7, 11) is -6.83. The zero-order valence-corrected chi connectivity index (χ0v) is 12.0. The fourth-order valence-electron chi connectivity index (χ4n) is 1.09. The minimum absolute atomic E-state index is 0.156. The van der Waals surface area contributed by atoms with Crippen LogP contribution in [0.15, 0.2) is 0 Å². The normalized spacial score (nSPS) is 15.1. The fraction of sp³-hybridized carbons (Fsp3) is 1.00. The van der Waals surface area contributed by atoms with Crippen molar-refractivity contribution in [3.8, 4) is 0 Å². The number of sulfone groups is 2. The van der Waals surface area contributed by atoms with Crippen molar-refractivity contribution in [2.45, 2.75) is 26.0 Å². The maximum Gasteiger partial charge on any atom is 0.153 e. The summed E-state index contributed by atoms with van der Waals surface area (Å²) in [6.45, 7) is 3.94. The van der Waals surface area contributed by atoms with Crippen LogP contribution >= 0.6 is 0 Å². The van der Waals surface area contributed by atoms with Crippen molar-refractivity contribution in [2.24, 2.45) is 0 Å². The third kappa shape index (κ3) is 10.7. The molecule has 1 atom stereocenters. The van der Waals surface area contributed by atoms with Gasteiger partial charge in [0, 0.05) is 18.8 Å². The summed E-state index contributed by atoms with van der Waals surface area (Å²) in [5, 5.41) is 12.4. The molecule has 0 aliphatic rings. The highest BCUT2D eigenvalue weighted by Gasteiger charge is 2.19. The van der Waals surface area contributed by atoms with E-state index in [1.54, 1.807) is 0 Å². The van der Waals surface area contributed by atoms with E-state index in [9.17, 15) is 21.9 Å². The van der Waals surface area contributed by atoms with Gasteiger partial charge in [-0.2, -0.15) is 0 Å². The second kappa shape index (κ2) is 6.67. The van der Waals surface area contributed by atoms with Gasteiger partial charge in [-0.1, -0.05) is 13.8 Å². The Hall–Kier alpha value is -0.180. The number of hydrogen-bond donors (Lipinski definition) is 2. The zero-order chi connectivity index (χ0) is 13.7. The van der Waals surface area contributed by atoms with Crippen molar-refractivity contribution in [1.82, 2.24) is 5.32 Å². The summed E-state index contributed by atoms with van der Waals surface area (Å²) < 4.78 is 44.6. The molecule has 0 amide bonds. The third-order valence-electron chi connectivity index (χ3n) is 1.97. The van der Waals surface area contributed by atoms with Gasteiger partial charge in [0.25, 0.3) is 0 Å². The van der Waals surface area contributed by atoms with E-state index in [0.717, 1.165) is 6.26 Å². The van der Waals surface area contributed by atoms with Crippen LogP contribution in [0.1, 0.15) is 13.8 Å². The second-order valence-corrected chi connectivity index (χ2v) is 8.95. The Morgan fingerprint density at radius 1 is 1.12 bits per heavy atom. The van der Waals surface area contributed by atoms with Crippen LogP contribution in [0.4, 0.5) is 0 Å². The molecule has 0 radical (unpaired) electrons. The van der Waals surface area contributed by atoms with Crippen molar-refractivity contribution in [3.63, 3.8) is 0 Å². The van der Waals surface area contributed by atoms with Crippen LogP contribution in [0.25, 0.3) is 0 Å². The Morgan fingerprint density at radius 3 is 2.06 bits per heavy atom. The molecule has 0 aromatic rings. The molecular weight excluding hydrogens is 266 g/mol. The molecule has 0 saturated carbocycles. The van der Waals surface area contributed by atoms with Gasteiger partial charge in [-0.05, 0) is 0 Å². The summed E-state index contributed by atoms with van der Waals surface area (Å²) in [6, 6.07) is 0.156. The first-order valence-corrected chi connectivity index (χ1v) is 9.19. The van der Waals surface area contributed by atoms with E-state index in [2.05, 4.69) is 5.32 Å². The summed E-state index contributed by atoms with van der Waals surface area (Å²) in [6.07, 6.45) is -0.0267. The highest BCUT2D eigenvalue weighted by Crippen LogP contribution is 1.97. The molecule has 0 bridgehead atoms. The van der Waals surface area contributed by atoms with E-state index in [1.807, 2.05) is 13.8 Å².